The molecule has 0 bridgehead atoms. The monoisotopic (exact) mass is 315 g/mol. The van der Waals surface area contributed by atoms with Gasteiger partial charge in [-0.3, -0.25) is 0 Å². The van der Waals surface area contributed by atoms with Crippen LogP contribution in [-0.4, -0.2) is 45.5 Å². The van der Waals surface area contributed by atoms with E-state index in [9.17, 15) is 13.5 Å². The summed E-state index contributed by atoms with van der Waals surface area (Å²) in [6, 6.07) is 4.99. The molecule has 0 spiro atoms. The normalized spacial score (nSPS) is 22.4. The summed E-state index contributed by atoms with van der Waals surface area (Å²) in [6.07, 6.45) is 0.418. The summed E-state index contributed by atoms with van der Waals surface area (Å²) in [5.41, 5.74) is -0.315. The summed E-state index contributed by atoms with van der Waals surface area (Å²) in [4.78, 5) is 0.0897. The van der Waals surface area contributed by atoms with Crippen molar-refractivity contribution in [2.45, 2.75) is 30.8 Å². The Morgan fingerprint density at radius 1 is 1.48 bits per heavy atom. The lowest BCUT2D eigenvalue weighted by atomic mass is 10.1. The smallest absolute Gasteiger partial charge is 0.244 e. The van der Waals surface area contributed by atoms with E-state index in [0.29, 0.717) is 25.4 Å². The average Bonchev–Trinajstić information content (AvgIpc) is 2.87. The molecule has 2 rings (SSSR count). The van der Waals surface area contributed by atoms with E-state index in [1.165, 1.54) is 0 Å². The first-order chi connectivity index (χ1) is 9.86. The fraction of sp³-hybridized carbons (Fsp3) is 0.571. The summed E-state index contributed by atoms with van der Waals surface area (Å²) in [5, 5.41) is 10.1. The van der Waals surface area contributed by atoms with E-state index in [1.54, 1.807) is 25.1 Å². The SMILES string of the molecule is CCOc1ccc(C)cc1S(=O)(=O)NC[C@@]1(O)CCOC1. The van der Waals surface area contributed by atoms with Gasteiger partial charge in [0.2, 0.25) is 10.0 Å². The van der Waals surface area contributed by atoms with E-state index in [0.717, 1.165) is 5.56 Å². The summed E-state index contributed by atoms with van der Waals surface area (Å²) in [5.74, 6) is 0.310. The van der Waals surface area contributed by atoms with Gasteiger partial charge in [-0.15, -0.1) is 0 Å². The van der Waals surface area contributed by atoms with Crippen molar-refractivity contribution in [2.75, 3.05) is 26.4 Å². The number of sulfonamides is 1. The molecule has 1 fully saturated rings. The molecule has 0 amide bonds. The molecule has 2 N–H and O–H groups in total. The van der Waals surface area contributed by atoms with Crippen LogP contribution in [0.25, 0.3) is 0 Å². The van der Waals surface area contributed by atoms with Crippen molar-refractivity contribution < 1.29 is 23.0 Å². The van der Waals surface area contributed by atoms with Gasteiger partial charge in [-0.05, 0) is 31.5 Å². The maximum Gasteiger partial charge on any atom is 0.244 e. The minimum absolute atomic E-state index is 0.0746. The van der Waals surface area contributed by atoms with Crippen LogP contribution in [0.3, 0.4) is 0 Å². The Morgan fingerprint density at radius 2 is 2.24 bits per heavy atom. The molecule has 6 nitrogen and oxygen atoms in total. The highest BCUT2D eigenvalue weighted by Crippen LogP contribution is 2.26. The minimum atomic E-state index is -3.75. The molecular formula is C14H21NO5S. The first kappa shape index (κ1) is 16.2. The lowest BCUT2D eigenvalue weighted by molar-refractivity contribution is 0.0314. The molecule has 1 saturated heterocycles. The van der Waals surface area contributed by atoms with Crippen molar-refractivity contribution in [1.82, 2.24) is 4.72 Å². The molecule has 0 aromatic heterocycles. The predicted octanol–water partition coefficient (Wildman–Crippen LogP) is 0.823. The lowest BCUT2D eigenvalue weighted by Crippen LogP contribution is -2.43. The van der Waals surface area contributed by atoms with Gasteiger partial charge >= 0.3 is 0 Å². The predicted molar refractivity (Wildman–Crippen MR) is 77.9 cm³/mol. The van der Waals surface area contributed by atoms with E-state index in [2.05, 4.69) is 4.72 Å². The fourth-order valence-electron chi connectivity index (χ4n) is 2.14. The quantitative estimate of drug-likeness (QED) is 0.812. The van der Waals surface area contributed by atoms with Gasteiger partial charge in [0.05, 0.1) is 13.2 Å². The molecular weight excluding hydrogens is 294 g/mol. The molecule has 118 valence electrons. The molecule has 0 aliphatic carbocycles. The molecule has 0 unspecified atom stereocenters. The third-order valence-corrected chi connectivity index (χ3v) is 4.78. The topological polar surface area (TPSA) is 84.9 Å². The van der Waals surface area contributed by atoms with Gasteiger partial charge in [-0.2, -0.15) is 0 Å². The summed E-state index contributed by atoms with van der Waals surface area (Å²) in [7, 11) is -3.75. The molecule has 1 aromatic carbocycles. The van der Waals surface area contributed by atoms with Gasteiger partial charge in [-0.1, -0.05) is 6.07 Å². The van der Waals surface area contributed by atoms with Gasteiger partial charge in [0, 0.05) is 19.6 Å². The molecule has 0 saturated carbocycles. The number of rotatable bonds is 6. The highest BCUT2D eigenvalue weighted by atomic mass is 32.2. The number of benzene rings is 1. The standard InChI is InChI=1S/C14H21NO5S/c1-3-20-12-5-4-11(2)8-13(12)21(17,18)15-9-14(16)6-7-19-10-14/h4-5,8,15-16H,3,6-7,9-10H2,1-2H3/t14-/m0/s1. The second-order valence-electron chi connectivity index (χ2n) is 5.23. The Bertz CT molecular complexity index is 593. The van der Waals surface area contributed by atoms with E-state index >= 15 is 0 Å². The van der Waals surface area contributed by atoms with Crippen LogP contribution >= 0.6 is 0 Å². The zero-order chi connectivity index (χ0) is 15.5. The van der Waals surface area contributed by atoms with Crippen LogP contribution in [0.5, 0.6) is 5.75 Å². The highest BCUT2D eigenvalue weighted by Gasteiger charge is 2.34. The van der Waals surface area contributed by atoms with E-state index in [4.69, 9.17) is 9.47 Å². The maximum atomic E-state index is 12.4. The van der Waals surface area contributed by atoms with Crippen LogP contribution in [-0.2, 0) is 14.8 Å². The second-order valence-corrected chi connectivity index (χ2v) is 6.97. The maximum absolute atomic E-state index is 12.4. The van der Waals surface area contributed by atoms with Gasteiger partial charge in [-0.25, -0.2) is 13.1 Å². The van der Waals surface area contributed by atoms with Gasteiger partial charge in [0.1, 0.15) is 16.2 Å². The van der Waals surface area contributed by atoms with Crippen LogP contribution in [0.2, 0.25) is 0 Å². The van der Waals surface area contributed by atoms with Crippen molar-refractivity contribution in [3.05, 3.63) is 23.8 Å². The summed E-state index contributed by atoms with van der Waals surface area (Å²) >= 11 is 0. The number of hydrogen-bond acceptors (Lipinski definition) is 5. The van der Waals surface area contributed by atoms with Crippen molar-refractivity contribution in [3.63, 3.8) is 0 Å². The fourth-order valence-corrected chi connectivity index (χ4v) is 3.49. The van der Waals surface area contributed by atoms with Crippen LogP contribution in [0.15, 0.2) is 23.1 Å². The highest BCUT2D eigenvalue weighted by molar-refractivity contribution is 7.89. The number of aliphatic hydroxyl groups is 1. The first-order valence-electron chi connectivity index (χ1n) is 6.89. The minimum Gasteiger partial charge on any atom is -0.492 e. The van der Waals surface area contributed by atoms with Crippen molar-refractivity contribution in [1.29, 1.82) is 0 Å². The van der Waals surface area contributed by atoms with Crippen LogP contribution in [0.1, 0.15) is 18.9 Å². The molecule has 1 heterocycles. The Morgan fingerprint density at radius 3 is 2.86 bits per heavy atom. The molecule has 0 radical (unpaired) electrons. The Labute approximate surface area is 125 Å². The van der Waals surface area contributed by atoms with Gasteiger partial charge in [0.25, 0.3) is 0 Å². The van der Waals surface area contributed by atoms with Crippen LogP contribution < -0.4 is 9.46 Å². The molecule has 1 aromatic rings. The van der Waals surface area contributed by atoms with Crippen LogP contribution in [0.4, 0.5) is 0 Å². The molecule has 7 heteroatoms. The Kier molecular flexibility index (Phi) is 4.88. The van der Waals surface area contributed by atoms with E-state index < -0.39 is 15.6 Å². The molecule has 1 aliphatic rings. The zero-order valence-electron chi connectivity index (χ0n) is 12.3. The Hall–Kier alpha value is -1.15. The van der Waals surface area contributed by atoms with Crippen molar-refractivity contribution >= 4 is 10.0 Å². The number of aryl methyl sites for hydroxylation is 1. The van der Waals surface area contributed by atoms with E-state index in [1.807, 2.05) is 6.92 Å². The van der Waals surface area contributed by atoms with Gasteiger partial charge < -0.3 is 14.6 Å². The van der Waals surface area contributed by atoms with Crippen molar-refractivity contribution in [2.24, 2.45) is 0 Å². The van der Waals surface area contributed by atoms with Crippen LogP contribution in [0, 0.1) is 6.92 Å². The largest absolute Gasteiger partial charge is 0.492 e. The van der Waals surface area contributed by atoms with Gasteiger partial charge in [0.15, 0.2) is 0 Å². The molecule has 1 aliphatic heterocycles. The number of hydrogen-bond donors (Lipinski definition) is 2. The molecule has 21 heavy (non-hydrogen) atoms. The zero-order valence-corrected chi connectivity index (χ0v) is 13.1. The summed E-state index contributed by atoms with van der Waals surface area (Å²) in [6.45, 7) is 4.49. The number of ether oxygens (including phenoxy) is 2. The summed E-state index contributed by atoms with van der Waals surface area (Å²) < 4.78 is 37.8. The lowest BCUT2D eigenvalue weighted by Gasteiger charge is -2.21. The Balaban J connectivity index is 2.20. The third kappa shape index (κ3) is 3.94. The first-order valence-corrected chi connectivity index (χ1v) is 8.38. The van der Waals surface area contributed by atoms with Crippen molar-refractivity contribution in [3.8, 4) is 5.75 Å². The number of nitrogens with one attached hydrogen (secondary N) is 1. The van der Waals surface area contributed by atoms with E-state index in [-0.39, 0.29) is 18.0 Å². The average molecular weight is 315 g/mol. The second kappa shape index (κ2) is 6.31. The third-order valence-electron chi connectivity index (χ3n) is 3.36. The molecule has 1 atom stereocenters.